The molecule has 2 saturated heterocycles. The van der Waals surface area contributed by atoms with Crippen molar-refractivity contribution >= 4 is 17.2 Å². The van der Waals surface area contributed by atoms with E-state index >= 15 is 0 Å². The minimum atomic E-state index is -0.00840. The molecule has 0 saturated carbocycles. The Morgan fingerprint density at radius 3 is 3.11 bits per heavy atom. The summed E-state index contributed by atoms with van der Waals surface area (Å²) in [4.78, 5) is 18.4. The third-order valence-corrected chi connectivity index (χ3v) is 3.93. The summed E-state index contributed by atoms with van der Waals surface area (Å²) in [7, 11) is 0. The maximum Gasteiger partial charge on any atom is 0.168 e. The molecule has 2 atom stereocenters. The predicted molar refractivity (Wildman–Crippen MR) is 68.5 cm³/mol. The third kappa shape index (κ3) is 1.56. The van der Waals surface area contributed by atoms with Gasteiger partial charge in [-0.3, -0.25) is 4.79 Å². The van der Waals surface area contributed by atoms with Crippen LogP contribution in [0.3, 0.4) is 0 Å². The fraction of sp³-hybridized carbons (Fsp3) is 0.462. The van der Waals surface area contributed by atoms with Crippen molar-refractivity contribution in [1.29, 1.82) is 0 Å². The summed E-state index contributed by atoms with van der Waals surface area (Å²) in [5.74, 6) is 0.900. The highest BCUT2D eigenvalue weighted by Crippen LogP contribution is 2.31. The van der Waals surface area contributed by atoms with Gasteiger partial charge in [0, 0.05) is 12.7 Å². The van der Waals surface area contributed by atoms with E-state index in [1.54, 1.807) is 10.7 Å². The third-order valence-electron chi connectivity index (χ3n) is 3.93. The largest absolute Gasteiger partial charge is 0.374 e. The summed E-state index contributed by atoms with van der Waals surface area (Å²) in [6.07, 6.45) is 4.84. The van der Waals surface area contributed by atoms with Crippen LogP contribution in [0.1, 0.15) is 23.7 Å². The number of carbonyl (C=O) groups is 1. The van der Waals surface area contributed by atoms with Crippen molar-refractivity contribution in [2.75, 3.05) is 18.1 Å². The molecule has 2 aromatic heterocycles. The van der Waals surface area contributed by atoms with Crippen molar-refractivity contribution in [2.45, 2.75) is 25.5 Å². The van der Waals surface area contributed by atoms with Gasteiger partial charge in [-0.1, -0.05) is 0 Å². The quantitative estimate of drug-likeness (QED) is 0.749. The second kappa shape index (κ2) is 3.77. The molecule has 0 amide bonds. The molecule has 0 N–H and O–H groups in total. The molecular formula is C13H14N4O2. The zero-order valence-corrected chi connectivity index (χ0v) is 10.6. The first-order valence-electron chi connectivity index (χ1n) is 6.46. The number of fused-ring (bicyclic) bond motifs is 3. The Morgan fingerprint density at radius 2 is 2.42 bits per heavy atom. The highest BCUT2D eigenvalue weighted by atomic mass is 16.5. The molecule has 2 aliphatic rings. The van der Waals surface area contributed by atoms with Crippen LogP contribution >= 0.6 is 0 Å². The lowest BCUT2D eigenvalue weighted by Gasteiger charge is -2.27. The summed E-state index contributed by atoms with van der Waals surface area (Å²) >= 11 is 0. The molecule has 4 rings (SSSR count). The summed E-state index contributed by atoms with van der Waals surface area (Å²) in [5.41, 5.74) is 1.20. The number of morpholine rings is 1. The first kappa shape index (κ1) is 10.9. The van der Waals surface area contributed by atoms with Gasteiger partial charge >= 0.3 is 0 Å². The molecule has 98 valence electrons. The molecule has 2 aliphatic heterocycles. The van der Waals surface area contributed by atoms with Crippen LogP contribution < -0.4 is 4.90 Å². The molecule has 6 heteroatoms. The average Bonchev–Trinajstić information content (AvgIpc) is 3.12. The number of ether oxygens (including phenoxy) is 1. The van der Waals surface area contributed by atoms with E-state index in [1.165, 1.54) is 6.92 Å². The van der Waals surface area contributed by atoms with Crippen LogP contribution in [-0.2, 0) is 4.74 Å². The van der Waals surface area contributed by atoms with Gasteiger partial charge < -0.3 is 9.64 Å². The van der Waals surface area contributed by atoms with E-state index in [0.717, 1.165) is 25.4 Å². The molecule has 0 unspecified atom stereocenters. The van der Waals surface area contributed by atoms with Gasteiger partial charge in [0.1, 0.15) is 5.82 Å². The number of ketones is 1. The van der Waals surface area contributed by atoms with Crippen molar-refractivity contribution in [1.82, 2.24) is 14.6 Å². The summed E-state index contributed by atoms with van der Waals surface area (Å²) < 4.78 is 7.24. The van der Waals surface area contributed by atoms with Gasteiger partial charge in [0.2, 0.25) is 0 Å². The topological polar surface area (TPSA) is 59.7 Å². The molecule has 0 aliphatic carbocycles. The average molecular weight is 258 g/mol. The van der Waals surface area contributed by atoms with E-state index in [4.69, 9.17) is 4.74 Å². The van der Waals surface area contributed by atoms with Gasteiger partial charge in [0.25, 0.3) is 0 Å². The van der Waals surface area contributed by atoms with Gasteiger partial charge in [-0.05, 0) is 19.4 Å². The van der Waals surface area contributed by atoms with Crippen LogP contribution in [0.15, 0.2) is 18.5 Å². The van der Waals surface area contributed by atoms with Crippen LogP contribution in [0.2, 0.25) is 0 Å². The highest BCUT2D eigenvalue weighted by Gasteiger charge is 2.39. The minimum Gasteiger partial charge on any atom is -0.374 e. The number of nitrogens with zero attached hydrogens (tertiary/aromatic N) is 4. The standard InChI is InChI=1S/C13H14N4O2/c1-8(18)11-5-14-17-3-2-12(15-13(11)17)16-6-10-4-9(16)7-19-10/h2-3,5,9-10H,4,6-7H2,1H3/t9-,10-/m0/s1. The number of hydrogen-bond acceptors (Lipinski definition) is 5. The van der Waals surface area contributed by atoms with Crippen molar-refractivity contribution in [2.24, 2.45) is 0 Å². The summed E-state index contributed by atoms with van der Waals surface area (Å²) in [6, 6.07) is 2.37. The Balaban J connectivity index is 1.79. The Bertz CT molecular complexity index is 666. The van der Waals surface area contributed by atoms with Gasteiger partial charge in [-0.15, -0.1) is 0 Å². The van der Waals surface area contributed by atoms with Crippen LogP contribution in [0.5, 0.6) is 0 Å². The number of anilines is 1. The molecule has 2 aromatic rings. The molecule has 0 radical (unpaired) electrons. The molecule has 4 heterocycles. The van der Waals surface area contributed by atoms with E-state index in [9.17, 15) is 4.79 Å². The molecular weight excluding hydrogens is 244 g/mol. The molecule has 0 aromatic carbocycles. The van der Waals surface area contributed by atoms with Gasteiger partial charge in [-0.2, -0.15) is 5.10 Å². The van der Waals surface area contributed by atoms with Crippen molar-refractivity contribution in [3.05, 3.63) is 24.0 Å². The summed E-state index contributed by atoms with van der Waals surface area (Å²) in [6.45, 7) is 3.20. The fourth-order valence-electron chi connectivity index (χ4n) is 2.95. The molecule has 19 heavy (non-hydrogen) atoms. The smallest absolute Gasteiger partial charge is 0.168 e. The van der Waals surface area contributed by atoms with Crippen LogP contribution in [0, 0.1) is 0 Å². The van der Waals surface area contributed by atoms with E-state index < -0.39 is 0 Å². The molecule has 2 fully saturated rings. The second-order valence-electron chi connectivity index (χ2n) is 5.17. The van der Waals surface area contributed by atoms with Gasteiger partial charge in [0.15, 0.2) is 11.4 Å². The van der Waals surface area contributed by atoms with E-state index in [2.05, 4.69) is 15.0 Å². The normalized spacial score (nSPS) is 25.4. The van der Waals surface area contributed by atoms with Crippen molar-refractivity contribution in [3.8, 4) is 0 Å². The minimum absolute atomic E-state index is 0.00840. The van der Waals surface area contributed by atoms with Gasteiger partial charge in [-0.25, -0.2) is 9.50 Å². The number of aromatic nitrogens is 3. The number of carbonyl (C=O) groups excluding carboxylic acids is 1. The van der Waals surface area contributed by atoms with Crippen LogP contribution in [0.25, 0.3) is 5.65 Å². The maximum atomic E-state index is 11.6. The lowest BCUT2D eigenvalue weighted by Crippen LogP contribution is -2.37. The van der Waals surface area contributed by atoms with Crippen molar-refractivity contribution < 1.29 is 9.53 Å². The lowest BCUT2D eigenvalue weighted by atomic mass is 10.2. The number of hydrogen-bond donors (Lipinski definition) is 0. The Morgan fingerprint density at radius 1 is 1.53 bits per heavy atom. The first-order valence-corrected chi connectivity index (χ1v) is 6.46. The number of rotatable bonds is 2. The van der Waals surface area contributed by atoms with Crippen molar-refractivity contribution in [3.63, 3.8) is 0 Å². The Kier molecular flexibility index (Phi) is 2.17. The first-order chi connectivity index (χ1) is 9.22. The summed E-state index contributed by atoms with van der Waals surface area (Å²) in [5, 5.41) is 4.15. The van der Waals surface area contributed by atoms with Crippen LogP contribution in [0.4, 0.5) is 5.82 Å². The van der Waals surface area contributed by atoms with E-state index in [-0.39, 0.29) is 5.78 Å². The Hall–Kier alpha value is -1.95. The van der Waals surface area contributed by atoms with Crippen LogP contribution in [-0.4, -0.2) is 45.7 Å². The second-order valence-corrected chi connectivity index (χ2v) is 5.17. The molecule has 0 spiro atoms. The monoisotopic (exact) mass is 258 g/mol. The number of Topliss-reactive ketones (excluding diaryl/α,β-unsaturated/α-hetero) is 1. The molecule has 2 bridgehead atoms. The maximum absolute atomic E-state index is 11.6. The lowest BCUT2D eigenvalue weighted by molar-refractivity contribution is 0.0988. The SMILES string of the molecule is CC(=O)c1cnn2ccc(N3C[C@@H]4C[C@H]3CO4)nc12. The highest BCUT2D eigenvalue weighted by molar-refractivity contribution is 5.99. The fourth-order valence-corrected chi connectivity index (χ4v) is 2.95. The Labute approximate surface area is 110 Å². The van der Waals surface area contributed by atoms with E-state index in [0.29, 0.717) is 23.4 Å². The predicted octanol–water partition coefficient (Wildman–Crippen LogP) is 0.909. The molecule has 6 nitrogen and oxygen atoms in total. The zero-order valence-electron chi connectivity index (χ0n) is 10.6. The van der Waals surface area contributed by atoms with E-state index in [1.807, 2.05) is 12.3 Å². The zero-order chi connectivity index (χ0) is 13.0. The van der Waals surface area contributed by atoms with Gasteiger partial charge in [0.05, 0.1) is 30.5 Å².